The minimum Gasteiger partial charge on any atom is -0.478 e. The van der Waals surface area contributed by atoms with Crippen LogP contribution in [-0.4, -0.2) is 33.4 Å². The van der Waals surface area contributed by atoms with E-state index >= 15 is 0 Å². The first-order valence-electron chi connectivity index (χ1n) is 9.78. The van der Waals surface area contributed by atoms with Gasteiger partial charge in [0.2, 0.25) is 5.88 Å². The number of ether oxygens (including phenoxy) is 2. The van der Waals surface area contributed by atoms with Crippen molar-refractivity contribution >= 4 is 11.9 Å². The maximum absolute atomic E-state index is 13.6. The van der Waals surface area contributed by atoms with Crippen LogP contribution < -0.4 is 14.8 Å². The van der Waals surface area contributed by atoms with E-state index in [0.29, 0.717) is 5.56 Å². The van der Waals surface area contributed by atoms with Crippen LogP contribution in [0.1, 0.15) is 51.4 Å². The summed E-state index contributed by atoms with van der Waals surface area (Å²) in [5.41, 5.74) is -0.793. The lowest BCUT2D eigenvalue weighted by Crippen LogP contribution is -2.27. The Morgan fingerprint density at radius 3 is 2.29 bits per heavy atom. The van der Waals surface area contributed by atoms with Crippen LogP contribution >= 0.6 is 0 Å². The number of carbonyl (C=O) groups is 2. The van der Waals surface area contributed by atoms with Gasteiger partial charge in [-0.15, -0.1) is 0 Å². The number of aromatic carboxylic acids is 1. The molecule has 1 heterocycles. The molecule has 8 nitrogen and oxygen atoms in total. The molecule has 0 radical (unpaired) electrons. The van der Waals surface area contributed by atoms with Crippen molar-refractivity contribution in [2.45, 2.75) is 26.0 Å². The summed E-state index contributed by atoms with van der Waals surface area (Å²) >= 11 is 0. The Balaban J connectivity index is 1.89. The van der Waals surface area contributed by atoms with E-state index in [1.54, 1.807) is 6.92 Å². The monoisotopic (exact) mass is 481 g/mol. The van der Waals surface area contributed by atoms with Crippen molar-refractivity contribution < 1.29 is 41.7 Å². The summed E-state index contributed by atoms with van der Waals surface area (Å²) in [4.78, 5) is 24.0. The van der Waals surface area contributed by atoms with Crippen LogP contribution in [0.2, 0.25) is 0 Å². The molecular formula is C22H19F4N3O5. The van der Waals surface area contributed by atoms with Gasteiger partial charge in [0, 0.05) is 13.1 Å². The molecule has 0 saturated heterocycles. The van der Waals surface area contributed by atoms with Crippen LogP contribution in [0, 0.1) is 0 Å². The van der Waals surface area contributed by atoms with Gasteiger partial charge in [-0.2, -0.15) is 13.9 Å². The molecule has 1 aromatic heterocycles. The number of amides is 1. The normalized spacial score (nSPS) is 12.0. The highest BCUT2D eigenvalue weighted by Crippen LogP contribution is 2.34. The summed E-state index contributed by atoms with van der Waals surface area (Å²) in [6.07, 6.45) is -3.11. The quantitative estimate of drug-likeness (QED) is 0.420. The number of alkyl halides is 4. The van der Waals surface area contributed by atoms with Crippen LogP contribution in [0.3, 0.4) is 0 Å². The Morgan fingerprint density at radius 1 is 1.06 bits per heavy atom. The third-order valence-corrected chi connectivity index (χ3v) is 4.71. The average molecular weight is 481 g/mol. The van der Waals surface area contributed by atoms with Crippen molar-refractivity contribution in [3.05, 3.63) is 70.9 Å². The third kappa shape index (κ3) is 5.63. The van der Waals surface area contributed by atoms with Crippen molar-refractivity contribution in [3.63, 3.8) is 0 Å². The van der Waals surface area contributed by atoms with Crippen molar-refractivity contribution in [1.29, 1.82) is 0 Å². The number of rotatable bonds is 9. The lowest BCUT2D eigenvalue weighted by atomic mass is 10.1. The minimum atomic E-state index is -3.11. The SMILES string of the molecule is C[C@H](NC(=O)c1c(C(F)F)nn(C)c1Oc1cccc(OC(F)F)c1)c1ccc(C(=O)O)cc1. The zero-order valence-electron chi connectivity index (χ0n) is 17.8. The number of carboxylic acid groups (broad SMARTS) is 1. The van der Waals surface area contributed by atoms with E-state index in [2.05, 4.69) is 15.2 Å². The molecule has 0 spiro atoms. The summed E-state index contributed by atoms with van der Waals surface area (Å²) in [5.74, 6) is -2.66. The maximum atomic E-state index is 13.6. The lowest BCUT2D eigenvalue weighted by molar-refractivity contribution is -0.0499. The van der Waals surface area contributed by atoms with E-state index < -0.39 is 42.2 Å². The van der Waals surface area contributed by atoms with Gasteiger partial charge in [-0.1, -0.05) is 18.2 Å². The van der Waals surface area contributed by atoms with E-state index in [4.69, 9.17) is 9.84 Å². The van der Waals surface area contributed by atoms with Gasteiger partial charge < -0.3 is 19.9 Å². The van der Waals surface area contributed by atoms with Crippen LogP contribution in [0.15, 0.2) is 48.5 Å². The Morgan fingerprint density at radius 2 is 1.71 bits per heavy atom. The first kappa shape index (κ1) is 24.6. The molecule has 1 amide bonds. The van der Waals surface area contributed by atoms with Crippen LogP contribution in [-0.2, 0) is 7.05 Å². The number of carbonyl (C=O) groups excluding carboxylic acids is 1. The molecule has 3 aromatic rings. The fourth-order valence-corrected chi connectivity index (χ4v) is 3.10. The number of aryl methyl sites for hydroxylation is 1. The van der Waals surface area contributed by atoms with E-state index in [-0.39, 0.29) is 22.9 Å². The Bertz CT molecular complexity index is 1180. The van der Waals surface area contributed by atoms with Gasteiger partial charge in [-0.25, -0.2) is 18.3 Å². The molecule has 1 atom stereocenters. The van der Waals surface area contributed by atoms with Gasteiger partial charge in [0.1, 0.15) is 22.8 Å². The molecule has 0 fully saturated rings. The van der Waals surface area contributed by atoms with E-state index in [1.165, 1.54) is 49.5 Å². The second kappa shape index (κ2) is 10.2. The number of aromatic nitrogens is 2. The van der Waals surface area contributed by atoms with Gasteiger partial charge in [-0.3, -0.25) is 4.79 Å². The van der Waals surface area contributed by atoms with Crippen molar-refractivity contribution in [2.24, 2.45) is 7.05 Å². The molecule has 0 bridgehead atoms. The van der Waals surface area contributed by atoms with Gasteiger partial charge in [-0.05, 0) is 36.8 Å². The van der Waals surface area contributed by atoms with E-state index in [0.717, 1.165) is 10.7 Å². The Kier molecular flexibility index (Phi) is 7.39. The Labute approximate surface area is 190 Å². The first-order chi connectivity index (χ1) is 16.1. The van der Waals surface area contributed by atoms with E-state index in [1.807, 2.05) is 0 Å². The summed E-state index contributed by atoms with van der Waals surface area (Å²) in [7, 11) is 1.28. The molecular weight excluding hydrogens is 462 g/mol. The second-order valence-electron chi connectivity index (χ2n) is 7.07. The number of hydrogen-bond donors (Lipinski definition) is 2. The zero-order chi connectivity index (χ0) is 25.0. The number of benzene rings is 2. The van der Waals surface area contributed by atoms with Gasteiger partial charge in [0.05, 0.1) is 11.6 Å². The largest absolute Gasteiger partial charge is 0.478 e. The highest BCUT2D eigenvalue weighted by Gasteiger charge is 2.30. The number of nitrogens with zero attached hydrogens (tertiary/aromatic N) is 2. The third-order valence-electron chi connectivity index (χ3n) is 4.71. The number of carboxylic acids is 1. The molecule has 0 unspecified atom stereocenters. The molecule has 2 aromatic carbocycles. The maximum Gasteiger partial charge on any atom is 0.387 e. The van der Waals surface area contributed by atoms with Crippen molar-refractivity contribution in [1.82, 2.24) is 15.1 Å². The number of hydrogen-bond acceptors (Lipinski definition) is 5. The fourth-order valence-electron chi connectivity index (χ4n) is 3.10. The average Bonchev–Trinajstić information content (AvgIpc) is 3.10. The summed E-state index contributed by atoms with van der Waals surface area (Å²) in [5, 5.41) is 15.2. The van der Waals surface area contributed by atoms with Crippen LogP contribution in [0.4, 0.5) is 17.6 Å². The highest BCUT2D eigenvalue weighted by molar-refractivity contribution is 5.98. The number of nitrogens with one attached hydrogen (secondary N) is 1. The molecule has 0 aliphatic carbocycles. The molecule has 0 saturated carbocycles. The molecule has 180 valence electrons. The minimum absolute atomic E-state index is 0.0447. The zero-order valence-corrected chi connectivity index (χ0v) is 17.8. The lowest BCUT2D eigenvalue weighted by Gasteiger charge is -2.16. The molecule has 2 N–H and O–H groups in total. The molecule has 34 heavy (non-hydrogen) atoms. The molecule has 0 aliphatic rings. The smallest absolute Gasteiger partial charge is 0.387 e. The number of halogens is 4. The second-order valence-corrected chi connectivity index (χ2v) is 7.07. The van der Waals surface area contributed by atoms with Crippen molar-refractivity contribution in [3.8, 4) is 17.4 Å². The first-order valence-corrected chi connectivity index (χ1v) is 9.78. The summed E-state index contributed by atoms with van der Waals surface area (Å²) in [6, 6.07) is 10.0. The topological polar surface area (TPSA) is 103 Å². The predicted octanol–water partition coefficient (Wildman–Crippen LogP) is 4.94. The molecule has 0 aliphatic heterocycles. The van der Waals surface area contributed by atoms with Crippen molar-refractivity contribution in [2.75, 3.05) is 0 Å². The van der Waals surface area contributed by atoms with Crippen LogP contribution in [0.25, 0.3) is 0 Å². The van der Waals surface area contributed by atoms with Gasteiger partial charge in [0.25, 0.3) is 12.3 Å². The van der Waals surface area contributed by atoms with Gasteiger partial charge in [0.15, 0.2) is 0 Å². The fraction of sp³-hybridized carbons (Fsp3) is 0.227. The predicted molar refractivity (Wildman–Crippen MR) is 111 cm³/mol. The standard InChI is InChI=1S/C22H19F4N3O5/c1-11(12-6-8-13(9-7-12)21(31)32)27-19(30)16-17(18(23)24)28-29(2)20(16)33-14-4-3-5-15(10-14)34-22(25)26/h3-11,18,22H,1-2H3,(H,27,30)(H,31,32)/t11-/m0/s1. The van der Waals surface area contributed by atoms with E-state index in [9.17, 15) is 27.2 Å². The summed E-state index contributed by atoms with van der Waals surface area (Å²) < 4.78 is 63.0. The highest BCUT2D eigenvalue weighted by atomic mass is 19.3. The summed E-state index contributed by atoms with van der Waals surface area (Å²) in [6.45, 7) is -1.50. The Hall–Kier alpha value is -4.09. The molecule has 12 heteroatoms. The van der Waals surface area contributed by atoms with Gasteiger partial charge >= 0.3 is 12.6 Å². The molecule has 3 rings (SSSR count). The van der Waals surface area contributed by atoms with Crippen LogP contribution in [0.5, 0.6) is 17.4 Å².